The molecular weight excluding hydrogens is 476 g/mol. The van der Waals surface area contributed by atoms with Crippen LogP contribution >= 0.6 is 0 Å². The van der Waals surface area contributed by atoms with E-state index in [9.17, 15) is 34.8 Å². The highest BCUT2D eigenvalue weighted by molar-refractivity contribution is 6.24. The van der Waals surface area contributed by atoms with Gasteiger partial charge in [0, 0.05) is 11.5 Å². The molecule has 37 heavy (non-hydrogen) atoms. The van der Waals surface area contributed by atoms with Gasteiger partial charge in [-0.15, -0.1) is 0 Å². The maximum atomic E-state index is 13.7. The van der Waals surface area contributed by atoms with E-state index >= 15 is 0 Å². The second-order valence-corrected chi connectivity index (χ2v) is 10.2. The minimum Gasteiger partial charge on any atom is -0.510 e. The van der Waals surface area contributed by atoms with Gasteiger partial charge in [-0.1, -0.05) is 36.4 Å². The third kappa shape index (κ3) is 3.49. The summed E-state index contributed by atoms with van der Waals surface area (Å²) in [6.07, 6.45) is 0.851. The van der Waals surface area contributed by atoms with Crippen LogP contribution in [0.1, 0.15) is 33.5 Å². The summed E-state index contributed by atoms with van der Waals surface area (Å²) in [6, 6.07) is 11.8. The molecule has 9 heteroatoms. The number of phenolic OH excluding ortho intramolecular Hbond substituents is 1. The van der Waals surface area contributed by atoms with E-state index in [0.717, 1.165) is 11.1 Å². The van der Waals surface area contributed by atoms with Gasteiger partial charge in [-0.25, -0.2) is 0 Å². The van der Waals surface area contributed by atoms with Gasteiger partial charge in [0.05, 0.1) is 11.6 Å². The van der Waals surface area contributed by atoms with Crippen molar-refractivity contribution in [2.45, 2.75) is 30.9 Å². The molecule has 6 N–H and O–H groups in total. The van der Waals surface area contributed by atoms with E-state index in [0.29, 0.717) is 12.0 Å². The molecule has 2 aromatic carbocycles. The van der Waals surface area contributed by atoms with Gasteiger partial charge in [0.15, 0.2) is 11.4 Å². The molecule has 0 heterocycles. The number of carbonyl (C=O) groups is 3. The molecule has 2 aromatic rings. The Bertz CT molecular complexity index is 1410. The molecule has 1 amide bonds. The molecule has 5 rings (SSSR count). The van der Waals surface area contributed by atoms with Crippen molar-refractivity contribution in [1.29, 1.82) is 0 Å². The number of fused-ring (bicyclic) bond motifs is 3. The number of primary amides is 1. The highest BCUT2D eigenvalue weighted by Crippen LogP contribution is 2.52. The van der Waals surface area contributed by atoms with Gasteiger partial charge in [-0.05, 0) is 62.0 Å². The van der Waals surface area contributed by atoms with Crippen LogP contribution in [0.2, 0.25) is 0 Å². The van der Waals surface area contributed by atoms with Crippen molar-refractivity contribution >= 4 is 17.5 Å². The van der Waals surface area contributed by atoms with Crippen molar-refractivity contribution in [1.82, 2.24) is 4.90 Å². The Morgan fingerprint density at radius 2 is 1.76 bits per heavy atom. The first-order valence-electron chi connectivity index (χ1n) is 12.0. The fourth-order valence-electron chi connectivity index (χ4n) is 6.30. The minimum absolute atomic E-state index is 0.0224. The van der Waals surface area contributed by atoms with Gasteiger partial charge >= 0.3 is 0 Å². The average Bonchev–Trinajstić information content (AvgIpc) is 2.83. The van der Waals surface area contributed by atoms with Crippen molar-refractivity contribution in [2.75, 3.05) is 14.1 Å². The summed E-state index contributed by atoms with van der Waals surface area (Å²) in [4.78, 5) is 40.7. The van der Waals surface area contributed by atoms with E-state index in [2.05, 4.69) is 0 Å². The number of nitrogens with two attached hydrogens (primary N) is 1. The Balaban J connectivity index is 1.68. The predicted octanol–water partition coefficient (Wildman–Crippen LogP) is 1.71. The van der Waals surface area contributed by atoms with Gasteiger partial charge in [0.2, 0.25) is 5.78 Å². The summed E-state index contributed by atoms with van der Waals surface area (Å²) in [5, 5.41) is 44.5. The number of Topliss-reactive ketones (excluding diaryl/α,β-unsaturated/α-hetero) is 2. The smallest absolute Gasteiger partial charge is 0.255 e. The first kappa shape index (κ1) is 24.7. The van der Waals surface area contributed by atoms with E-state index in [1.54, 1.807) is 20.2 Å². The number of phenols is 1. The van der Waals surface area contributed by atoms with Crippen molar-refractivity contribution in [3.05, 3.63) is 87.4 Å². The Hall–Kier alpha value is -3.95. The number of allylic oxidation sites excluding steroid dienone is 1. The molecule has 3 aliphatic carbocycles. The van der Waals surface area contributed by atoms with Crippen molar-refractivity contribution in [3.8, 4) is 5.75 Å². The Morgan fingerprint density at radius 1 is 1.08 bits per heavy atom. The summed E-state index contributed by atoms with van der Waals surface area (Å²) < 4.78 is 0. The van der Waals surface area contributed by atoms with E-state index in [1.165, 1.54) is 11.0 Å². The zero-order valence-corrected chi connectivity index (χ0v) is 20.4. The lowest BCUT2D eigenvalue weighted by Crippen LogP contribution is -2.63. The number of aromatic hydroxyl groups is 1. The topological polar surface area (TPSA) is 161 Å². The monoisotopic (exact) mass is 504 g/mol. The van der Waals surface area contributed by atoms with Gasteiger partial charge in [0.1, 0.15) is 22.8 Å². The highest BCUT2D eigenvalue weighted by Gasteiger charge is 2.63. The van der Waals surface area contributed by atoms with E-state index in [1.807, 2.05) is 30.3 Å². The van der Waals surface area contributed by atoms with Crippen LogP contribution in [0, 0.1) is 11.8 Å². The first-order chi connectivity index (χ1) is 17.5. The fraction of sp³-hybridized carbons (Fsp3) is 0.321. The van der Waals surface area contributed by atoms with Crippen LogP contribution in [0.3, 0.4) is 0 Å². The third-order valence-corrected chi connectivity index (χ3v) is 7.94. The van der Waals surface area contributed by atoms with Gasteiger partial charge < -0.3 is 26.2 Å². The maximum Gasteiger partial charge on any atom is 0.255 e. The van der Waals surface area contributed by atoms with Crippen LogP contribution in [0.4, 0.5) is 0 Å². The number of aliphatic hydroxyl groups excluding tert-OH is 2. The summed E-state index contributed by atoms with van der Waals surface area (Å²) in [6.45, 7) is 0. The van der Waals surface area contributed by atoms with Crippen LogP contribution in [-0.4, -0.2) is 68.5 Å². The zero-order chi connectivity index (χ0) is 26.8. The standard InChI is InChI=1S/C28H28N2O7/c1-30(2)22-17-12-15-11-16-14(10-13-6-4-3-5-7-13)8-9-18(31)20(16)23(32)19(15)25(34)28(17,37)26(35)21(24(22)33)27(29)36/h3-9,15,17,22,31,33-34,37H,10-12H2,1-2H3,(H2,29,36)/t15-,17-,22-,28-/m0/s1. The second kappa shape index (κ2) is 8.57. The average molecular weight is 505 g/mol. The summed E-state index contributed by atoms with van der Waals surface area (Å²) in [7, 11) is 3.20. The van der Waals surface area contributed by atoms with Gasteiger partial charge in [-0.2, -0.15) is 0 Å². The maximum absolute atomic E-state index is 13.7. The molecule has 4 atom stereocenters. The number of amides is 1. The minimum atomic E-state index is -2.64. The van der Waals surface area contributed by atoms with Gasteiger partial charge in [-0.3, -0.25) is 19.3 Å². The molecule has 0 spiro atoms. The Morgan fingerprint density at radius 3 is 2.38 bits per heavy atom. The lowest BCUT2D eigenvalue weighted by Gasteiger charge is -2.50. The molecule has 0 fully saturated rings. The molecule has 0 saturated heterocycles. The van der Waals surface area contributed by atoms with Crippen LogP contribution in [0.5, 0.6) is 5.75 Å². The highest BCUT2D eigenvalue weighted by atomic mass is 16.3. The van der Waals surface area contributed by atoms with Gasteiger partial charge in [0.25, 0.3) is 5.91 Å². The number of likely N-dealkylation sites (N-methyl/N-ethyl adjacent to an activating group) is 1. The molecule has 192 valence electrons. The molecule has 0 radical (unpaired) electrons. The fourth-order valence-corrected chi connectivity index (χ4v) is 6.30. The molecule has 0 bridgehead atoms. The molecule has 3 aliphatic rings. The number of rotatable bonds is 4. The van der Waals surface area contributed by atoms with Crippen LogP contribution in [-0.2, 0) is 22.4 Å². The van der Waals surface area contributed by atoms with Crippen LogP contribution in [0.15, 0.2) is 65.1 Å². The Kier molecular flexibility index (Phi) is 5.73. The van der Waals surface area contributed by atoms with E-state index in [-0.39, 0.29) is 29.7 Å². The number of hydrogen-bond acceptors (Lipinski definition) is 8. The SMILES string of the molecule is CN(C)[C@@H]1C(O)=C(C(N)=O)C(=O)[C@@]2(O)C(O)=C3C(=O)c4c(O)ccc(Cc5ccccc5)c4C[C@H]3C[C@@H]12. The summed E-state index contributed by atoms with van der Waals surface area (Å²) in [5.41, 5.74) is 4.26. The van der Waals surface area contributed by atoms with E-state index < -0.39 is 58.0 Å². The number of benzene rings is 2. The lowest BCUT2D eigenvalue weighted by molar-refractivity contribution is -0.148. The molecule has 0 unspecified atom stereocenters. The number of aliphatic hydroxyl groups is 3. The zero-order valence-electron chi connectivity index (χ0n) is 20.4. The van der Waals surface area contributed by atoms with E-state index in [4.69, 9.17) is 5.73 Å². The largest absolute Gasteiger partial charge is 0.510 e. The normalized spacial score (nSPS) is 27.2. The molecule has 0 saturated carbocycles. The Labute approximate surface area is 213 Å². The first-order valence-corrected chi connectivity index (χ1v) is 12.0. The quantitative estimate of drug-likeness (QED) is 0.393. The van der Waals surface area contributed by atoms with Crippen LogP contribution in [0.25, 0.3) is 0 Å². The lowest BCUT2D eigenvalue weighted by atomic mass is 9.58. The molecule has 0 aliphatic heterocycles. The molecular formula is C28H28N2O7. The number of carbonyl (C=O) groups excluding carboxylic acids is 3. The molecule has 0 aromatic heterocycles. The number of hydrogen-bond donors (Lipinski definition) is 5. The second-order valence-electron chi connectivity index (χ2n) is 10.2. The third-order valence-electron chi connectivity index (χ3n) is 7.94. The summed E-state index contributed by atoms with van der Waals surface area (Å²) >= 11 is 0. The van der Waals surface area contributed by atoms with Crippen molar-refractivity contribution < 1.29 is 34.8 Å². The predicted molar refractivity (Wildman–Crippen MR) is 133 cm³/mol. The summed E-state index contributed by atoms with van der Waals surface area (Å²) in [5.74, 6) is -6.53. The van der Waals surface area contributed by atoms with Crippen LogP contribution < -0.4 is 5.73 Å². The van der Waals surface area contributed by atoms with Crippen molar-refractivity contribution in [2.24, 2.45) is 17.6 Å². The number of nitrogens with zero attached hydrogens (tertiary/aromatic N) is 1. The van der Waals surface area contributed by atoms with Crippen molar-refractivity contribution in [3.63, 3.8) is 0 Å². The number of ketones is 2. The molecule has 9 nitrogen and oxygen atoms in total.